The van der Waals surface area contributed by atoms with E-state index in [0.717, 1.165) is 6.20 Å². The van der Waals surface area contributed by atoms with Gasteiger partial charge in [-0.25, -0.2) is 0 Å². The van der Waals surface area contributed by atoms with Gasteiger partial charge < -0.3 is 29.2 Å². The molecule has 1 aromatic heterocycles. The molecular weight excluding hydrogens is 280 g/mol. The number of amides is 1. The highest BCUT2D eigenvalue weighted by molar-refractivity contribution is 5.96. The van der Waals surface area contributed by atoms with Gasteiger partial charge in [-0.2, -0.15) is 0 Å². The lowest BCUT2D eigenvalue weighted by atomic mass is 9.84. The summed E-state index contributed by atoms with van der Waals surface area (Å²) in [5, 5.41) is 19.4. The van der Waals surface area contributed by atoms with Crippen LogP contribution in [0.25, 0.3) is 0 Å². The monoisotopic (exact) mass is 294 g/mol. The molecule has 0 aliphatic carbocycles. The van der Waals surface area contributed by atoms with Crippen molar-refractivity contribution in [2.45, 2.75) is 12.8 Å². The Bertz CT molecular complexity index is 693. The minimum atomic E-state index is -0.937. The summed E-state index contributed by atoms with van der Waals surface area (Å²) >= 11 is 0. The lowest BCUT2D eigenvalue weighted by Crippen LogP contribution is -2.64. The third-order valence-corrected chi connectivity index (χ3v) is 4.31. The number of carbonyl (C=O) groups excluding carboxylic acids is 1. The van der Waals surface area contributed by atoms with E-state index in [0.29, 0.717) is 26.4 Å². The van der Waals surface area contributed by atoms with Crippen molar-refractivity contribution in [3.05, 3.63) is 22.1 Å². The molecule has 8 heteroatoms. The summed E-state index contributed by atoms with van der Waals surface area (Å²) < 4.78 is 12.3. The average Bonchev–Trinajstić information content (AvgIpc) is 2.43. The fraction of sp³-hybridized carbons (Fsp3) is 0.538. The molecule has 0 unspecified atom stereocenters. The van der Waals surface area contributed by atoms with Crippen molar-refractivity contribution in [3.63, 3.8) is 0 Å². The molecule has 0 bridgehead atoms. The summed E-state index contributed by atoms with van der Waals surface area (Å²) in [6.07, 6.45) is 0.699. The second-order valence-corrected chi connectivity index (χ2v) is 5.88. The molecule has 1 atom stereocenters. The number of aromatic nitrogens is 1. The van der Waals surface area contributed by atoms with E-state index in [1.54, 1.807) is 0 Å². The number of fused-ring (bicyclic) bond motifs is 2. The number of hydrogen-bond donors (Lipinski definition) is 2. The van der Waals surface area contributed by atoms with Crippen molar-refractivity contribution in [2.75, 3.05) is 26.4 Å². The van der Waals surface area contributed by atoms with Crippen LogP contribution in [-0.4, -0.2) is 58.2 Å². The lowest BCUT2D eigenvalue weighted by molar-refractivity contribution is -0.226. The van der Waals surface area contributed by atoms with Gasteiger partial charge in [0.15, 0.2) is 23.4 Å². The fourth-order valence-corrected chi connectivity index (χ4v) is 3.10. The van der Waals surface area contributed by atoms with Crippen LogP contribution in [0.4, 0.5) is 0 Å². The summed E-state index contributed by atoms with van der Waals surface area (Å²) in [5.74, 6) is -1.77. The Balaban J connectivity index is 1.77. The summed E-state index contributed by atoms with van der Waals surface area (Å²) in [5.41, 5.74) is -1.22. The second-order valence-electron chi connectivity index (χ2n) is 5.88. The molecule has 4 rings (SSSR count). The van der Waals surface area contributed by atoms with Gasteiger partial charge >= 0.3 is 0 Å². The molecule has 0 saturated carbocycles. The van der Waals surface area contributed by atoms with E-state index in [-0.39, 0.29) is 17.7 Å². The van der Waals surface area contributed by atoms with E-state index < -0.39 is 29.1 Å². The normalized spacial score (nSPS) is 26.2. The molecule has 1 amide bonds. The first kappa shape index (κ1) is 12.7. The Labute approximate surface area is 119 Å². The zero-order valence-electron chi connectivity index (χ0n) is 11.1. The average molecular weight is 294 g/mol. The van der Waals surface area contributed by atoms with Crippen molar-refractivity contribution in [1.82, 2.24) is 9.47 Å². The van der Waals surface area contributed by atoms with Crippen LogP contribution in [0, 0.1) is 5.41 Å². The first-order valence-electron chi connectivity index (χ1n) is 6.66. The highest BCUT2D eigenvalue weighted by Gasteiger charge is 2.49. The molecule has 2 fully saturated rings. The number of pyridine rings is 1. The van der Waals surface area contributed by atoms with Gasteiger partial charge in [0.25, 0.3) is 11.3 Å². The Morgan fingerprint density at radius 3 is 2.67 bits per heavy atom. The molecule has 112 valence electrons. The Hall–Kier alpha value is -2.06. The van der Waals surface area contributed by atoms with E-state index in [1.165, 1.54) is 9.47 Å². The van der Waals surface area contributed by atoms with E-state index in [2.05, 4.69) is 0 Å². The van der Waals surface area contributed by atoms with Crippen molar-refractivity contribution in [1.29, 1.82) is 0 Å². The molecule has 21 heavy (non-hydrogen) atoms. The summed E-state index contributed by atoms with van der Waals surface area (Å²) in [6.45, 7) is 2.33. The molecule has 2 N–H and O–H groups in total. The molecule has 1 spiro atoms. The summed E-state index contributed by atoms with van der Waals surface area (Å²) in [6, 6.07) is 0. The van der Waals surface area contributed by atoms with Crippen LogP contribution in [0.5, 0.6) is 11.5 Å². The molecule has 4 heterocycles. The minimum absolute atomic E-state index is 0.102. The van der Waals surface area contributed by atoms with Gasteiger partial charge in [0.05, 0.1) is 38.0 Å². The van der Waals surface area contributed by atoms with Crippen LogP contribution in [0.15, 0.2) is 11.0 Å². The smallest absolute Gasteiger partial charge is 0.276 e. The van der Waals surface area contributed by atoms with E-state index in [4.69, 9.17) is 9.47 Å². The highest BCUT2D eigenvalue weighted by Crippen LogP contribution is 2.37. The first-order chi connectivity index (χ1) is 10.0. The van der Waals surface area contributed by atoms with Gasteiger partial charge in [0.2, 0.25) is 0 Å². The van der Waals surface area contributed by atoms with Gasteiger partial charge in [-0.15, -0.1) is 0 Å². The van der Waals surface area contributed by atoms with E-state index in [1.807, 2.05) is 0 Å². The number of rotatable bonds is 0. The fourth-order valence-electron chi connectivity index (χ4n) is 3.10. The summed E-state index contributed by atoms with van der Waals surface area (Å²) in [7, 11) is 0. The van der Waals surface area contributed by atoms with Crippen molar-refractivity contribution in [3.8, 4) is 11.5 Å². The highest BCUT2D eigenvalue weighted by atomic mass is 16.5. The number of nitrogens with zero attached hydrogens (tertiary/aromatic N) is 2. The molecule has 3 aliphatic heterocycles. The molecule has 2 saturated heterocycles. The molecular formula is C13H14N2O6. The predicted molar refractivity (Wildman–Crippen MR) is 68.1 cm³/mol. The summed E-state index contributed by atoms with van der Waals surface area (Å²) in [4.78, 5) is 25.7. The van der Waals surface area contributed by atoms with Gasteiger partial charge in [-0.1, -0.05) is 0 Å². The Morgan fingerprint density at radius 2 is 2.00 bits per heavy atom. The number of hydrogen-bond acceptors (Lipinski definition) is 6. The topological polar surface area (TPSA) is 101 Å². The van der Waals surface area contributed by atoms with Crippen molar-refractivity contribution >= 4 is 5.91 Å². The maximum atomic E-state index is 12.6. The Kier molecular flexibility index (Phi) is 2.40. The van der Waals surface area contributed by atoms with Crippen LogP contribution in [0.2, 0.25) is 0 Å². The van der Waals surface area contributed by atoms with Crippen LogP contribution in [-0.2, 0) is 16.0 Å². The van der Waals surface area contributed by atoms with Crippen molar-refractivity contribution < 1.29 is 24.5 Å². The van der Waals surface area contributed by atoms with Crippen LogP contribution < -0.4 is 5.43 Å². The SMILES string of the molecule is O=C1c2c(O)c(=O)c(O)cn2C[C@@H]2OCC3(COC3)CN12. The lowest BCUT2D eigenvalue weighted by Gasteiger charge is -2.52. The number of carbonyl (C=O) groups is 1. The molecule has 0 aromatic carbocycles. The zero-order valence-corrected chi connectivity index (χ0v) is 11.1. The maximum Gasteiger partial charge on any atom is 0.276 e. The molecule has 3 aliphatic rings. The first-order valence-corrected chi connectivity index (χ1v) is 6.66. The third-order valence-electron chi connectivity index (χ3n) is 4.31. The second kappa shape index (κ2) is 3.99. The standard InChI is InChI=1S/C13H14N2O6/c16-7-1-14-2-8-15(3-13(6-21-8)4-20-5-13)12(19)9(14)11(18)10(7)17/h1,8,16,18H,2-6H2/t8-/m0/s1. The van der Waals surface area contributed by atoms with Crippen LogP contribution in [0.1, 0.15) is 10.5 Å². The molecule has 8 nitrogen and oxygen atoms in total. The van der Waals surface area contributed by atoms with Crippen LogP contribution in [0.3, 0.4) is 0 Å². The van der Waals surface area contributed by atoms with Gasteiger partial charge in [0.1, 0.15) is 0 Å². The number of aromatic hydroxyl groups is 2. The number of ether oxygens (including phenoxy) is 2. The van der Waals surface area contributed by atoms with E-state index in [9.17, 15) is 19.8 Å². The predicted octanol–water partition coefficient (Wildman–Crippen LogP) is -0.912. The van der Waals surface area contributed by atoms with Crippen molar-refractivity contribution in [2.24, 2.45) is 5.41 Å². The molecule has 0 radical (unpaired) electrons. The minimum Gasteiger partial charge on any atom is -0.503 e. The largest absolute Gasteiger partial charge is 0.503 e. The van der Waals surface area contributed by atoms with Crippen LogP contribution >= 0.6 is 0 Å². The molecule has 1 aromatic rings. The van der Waals surface area contributed by atoms with Gasteiger partial charge in [-0.05, 0) is 0 Å². The zero-order chi connectivity index (χ0) is 14.8. The Morgan fingerprint density at radius 1 is 1.24 bits per heavy atom. The maximum absolute atomic E-state index is 12.6. The quantitative estimate of drug-likeness (QED) is 0.642. The van der Waals surface area contributed by atoms with Gasteiger partial charge in [-0.3, -0.25) is 9.59 Å². The van der Waals surface area contributed by atoms with Gasteiger partial charge in [0, 0.05) is 6.54 Å². The van der Waals surface area contributed by atoms with E-state index >= 15 is 0 Å². The third kappa shape index (κ3) is 1.63.